The molecule has 7 nitrogen and oxygen atoms in total. The third-order valence-electron chi connectivity index (χ3n) is 4.11. The van der Waals surface area contributed by atoms with E-state index >= 15 is 0 Å². The topological polar surface area (TPSA) is 84.9 Å². The van der Waals surface area contributed by atoms with Crippen LogP contribution in [0, 0.1) is 7.14 Å². The van der Waals surface area contributed by atoms with Crippen molar-refractivity contribution in [1.29, 1.82) is 0 Å². The summed E-state index contributed by atoms with van der Waals surface area (Å²) >= 11 is 7.75. The van der Waals surface area contributed by atoms with E-state index in [0.717, 1.165) is 33.4 Å². The lowest BCUT2D eigenvalue weighted by atomic mass is 10.2. The Hall–Kier alpha value is -1.67. The van der Waals surface area contributed by atoms with E-state index < -0.39 is 24.5 Å². The second-order valence-corrected chi connectivity index (χ2v) is 9.42. The molecule has 156 valence electrons. The lowest BCUT2D eigenvalue weighted by Gasteiger charge is -2.12. The molecule has 1 N–H and O–H groups in total. The van der Waals surface area contributed by atoms with Crippen LogP contribution in [0.2, 0.25) is 0 Å². The van der Waals surface area contributed by atoms with Gasteiger partial charge in [-0.15, -0.1) is 0 Å². The summed E-state index contributed by atoms with van der Waals surface area (Å²) in [6.07, 6.45) is 1.57. The minimum atomic E-state index is -0.670. The average Bonchev–Trinajstić information content (AvgIpc) is 2.96. The maximum atomic E-state index is 12.4. The first-order chi connectivity index (χ1) is 14.3. The number of esters is 1. The molecule has 0 bridgehead atoms. The SMILES string of the molecule is COC(=O)CN1C(=O)N/C(=C/c2cc(I)c(OCc3ccc(Br)cc3)c(I)c2)C1=O. The van der Waals surface area contributed by atoms with E-state index in [1.165, 1.54) is 7.11 Å². The molecule has 0 aliphatic carbocycles. The molecule has 1 fully saturated rings. The van der Waals surface area contributed by atoms with Gasteiger partial charge in [-0.05, 0) is 86.7 Å². The summed E-state index contributed by atoms with van der Waals surface area (Å²) in [4.78, 5) is 36.6. The zero-order valence-corrected chi connectivity index (χ0v) is 21.5. The van der Waals surface area contributed by atoms with Gasteiger partial charge < -0.3 is 14.8 Å². The summed E-state index contributed by atoms with van der Waals surface area (Å²) in [6, 6.07) is 10.9. The number of carbonyl (C=O) groups excluding carboxylic acids is 3. The van der Waals surface area contributed by atoms with Gasteiger partial charge in [0.1, 0.15) is 24.6 Å². The molecule has 1 aliphatic heterocycles. The number of ether oxygens (including phenoxy) is 2. The smallest absolute Gasteiger partial charge is 0.329 e. The van der Waals surface area contributed by atoms with E-state index in [4.69, 9.17) is 4.74 Å². The van der Waals surface area contributed by atoms with Gasteiger partial charge in [-0.3, -0.25) is 9.59 Å². The summed E-state index contributed by atoms with van der Waals surface area (Å²) < 4.78 is 13.2. The highest BCUT2D eigenvalue weighted by Gasteiger charge is 2.35. The zero-order chi connectivity index (χ0) is 21.8. The largest absolute Gasteiger partial charge is 0.487 e. The molecule has 10 heteroatoms. The Bertz CT molecular complexity index is 1020. The summed E-state index contributed by atoms with van der Waals surface area (Å²) in [5, 5.41) is 2.49. The molecule has 0 spiro atoms. The van der Waals surface area contributed by atoms with Crippen molar-refractivity contribution in [3.63, 3.8) is 0 Å². The Morgan fingerprint density at radius 2 is 1.80 bits per heavy atom. The van der Waals surface area contributed by atoms with Crippen LogP contribution in [0.5, 0.6) is 5.75 Å². The van der Waals surface area contributed by atoms with Gasteiger partial charge in [0.2, 0.25) is 0 Å². The first kappa shape index (κ1) is 23.0. The number of halogens is 3. The molecule has 0 unspecified atom stereocenters. The number of hydrogen-bond donors (Lipinski definition) is 1. The van der Waals surface area contributed by atoms with Crippen molar-refractivity contribution in [2.24, 2.45) is 0 Å². The Morgan fingerprint density at radius 1 is 1.17 bits per heavy atom. The number of imide groups is 1. The standard InChI is InChI=1S/C20H15BrI2N2O5/c1-29-17(26)9-25-19(27)16(24-20(25)28)8-12-6-14(22)18(15(23)7-12)30-10-11-2-4-13(21)5-3-11/h2-8H,9-10H2,1H3,(H,24,28)/b16-8+. The van der Waals surface area contributed by atoms with Gasteiger partial charge in [0, 0.05) is 4.47 Å². The van der Waals surface area contributed by atoms with Crippen LogP contribution in [0.3, 0.4) is 0 Å². The fourth-order valence-corrected chi connectivity index (χ4v) is 5.00. The Balaban J connectivity index is 1.76. The van der Waals surface area contributed by atoms with Gasteiger partial charge in [0.25, 0.3) is 5.91 Å². The third-order valence-corrected chi connectivity index (χ3v) is 6.24. The fraction of sp³-hybridized carbons (Fsp3) is 0.150. The molecule has 0 saturated carbocycles. The van der Waals surface area contributed by atoms with Crippen molar-refractivity contribution in [2.45, 2.75) is 6.61 Å². The molecular weight excluding hydrogens is 682 g/mol. The lowest BCUT2D eigenvalue weighted by Crippen LogP contribution is -2.36. The zero-order valence-electron chi connectivity index (χ0n) is 15.6. The quantitative estimate of drug-likeness (QED) is 0.211. The van der Waals surface area contributed by atoms with Crippen LogP contribution >= 0.6 is 61.1 Å². The predicted molar refractivity (Wildman–Crippen MR) is 131 cm³/mol. The average molecular weight is 697 g/mol. The lowest BCUT2D eigenvalue weighted by molar-refractivity contribution is -0.143. The number of carbonyl (C=O) groups is 3. The molecular formula is C20H15BrI2N2O5. The molecule has 3 rings (SSSR count). The van der Waals surface area contributed by atoms with Crippen LogP contribution in [-0.4, -0.2) is 36.5 Å². The highest BCUT2D eigenvalue weighted by molar-refractivity contribution is 14.1. The van der Waals surface area contributed by atoms with E-state index in [9.17, 15) is 14.4 Å². The molecule has 2 aromatic rings. The maximum Gasteiger partial charge on any atom is 0.329 e. The monoisotopic (exact) mass is 696 g/mol. The number of hydrogen-bond acceptors (Lipinski definition) is 5. The van der Waals surface area contributed by atoms with Crippen molar-refractivity contribution in [1.82, 2.24) is 10.2 Å². The van der Waals surface area contributed by atoms with E-state index in [1.807, 2.05) is 36.4 Å². The van der Waals surface area contributed by atoms with Gasteiger partial charge in [-0.2, -0.15) is 0 Å². The number of benzene rings is 2. The van der Waals surface area contributed by atoms with E-state index in [2.05, 4.69) is 71.2 Å². The number of nitrogens with zero attached hydrogens (tertiary/aromatic N) is 1. The van der Waals surface area contributed by atoms with E-state index in [-0.39, 0.29) is 5.70 Å². The third kappa shape index (κ3) is 5.52. The molecule has 3 amide bonds. The van der Waals surface area contributed by atoms with E-state index in [1.54, 1.807) is 6.08 Å². The molecule has 0 atom stereocenters. The number of urea groups is 1. The van der Waals surface area contributed by atoms with Gasteiger partial charge in [-0.1, -0.05) is 28.1 Å². The number of amides is 3. The second-order valence-electron chi connectivity index (χ2n) is 6.18. The minimum Gasteiger partial charge on any atom is -0.487 e. The van der Waals surface area contributed by atoms with Gasteiger partial charge in [0.15, 0.2) is 0 Å². The van der Waals surface area contributed by atoms with Crippen molar-refractivity contribution >= 4 is 85.1 Å². The highest BCUT2D eigenvalue weighted by Crippen LogP contribution is 2.31. The van der Waals surface area contributed by atoms with Crippen LogP contribution in [-0.2, 0) is 20.9 Å². The molecule has 2 aromatic carbocycles. The van der Waals surface area contributed by atoms with Crippen LogP contribution in [0.4, 0.5) is 4.79 Å². The summed E-state index contributed by atoms with van der Waals surface area (Å²) in [7, 11) is 1.20. The van der Waals surface area contributed by atoms with Crippen molar-refractivity contribution in [3.05, 3.63) is 64.8 Å². The van der Waals surface area contributed by atoms with Gasteiger partial charge in [-0.25, -0.2) is 9.69 Å². The molecule has 1 heterocycles. The van der Waals surface area contributed by atoms with Crippen molar-refractivity contribution in [2.75, 3.05) is 13.7 Å². The second kappa shape index (κ2) is 10.1. The first-order valence-corrected chi connectivity index (χ1v) is 11.5. The van der Waals surface area contributed by atoms with Crippen molar-refractivity contribution < 1.29 is 23.9 Å². The van der Waals surface area contributed by atoms with Crippen molar-refractivity contribution in [3.8, 4) is 5.75 Å². The number of rotatable bonds is 6. The molecule has 1 saturated heterocycles. The van der Waals surface area contributed by atoms with Gasteiger partial charge >= 0.3 is 12.0 Å². The molecule has 0 radical (unpaired) electrons. The van der Waals surface area contributed by atoms with Crippen LogP contribution in [0.1, 0.15) is 11.1 Å². The summed E-state index contributed by atoms with van der Waals surface area (Å²) in [5.74, 6) is -0.502. The molecule has 0 aromatic heterocycles. The van der Waals surface area contributed by atoms with E-state index in [0.29, 0.717) is 6.61 Å². The highest BCUT2D eigenvalue weighted by atomic mass is 127. The summed E-state index contributed by atoms with van der Waals surface area (Å²) in [5.41, 5.74) is 1.86. The fourth-order valence-electron chi connectivity index (χ4n) is 2.61. The first-order valence-electron chi connectivity index (χ1n) is 8.56. The summed E-state index contributed by atoms with van der Waals surface area (Å²) in [6.45, 7) is -0.00678. The van der Waals surface area contributed by atoms with Crippen LogP contribution < -0.4 is 10.1 Å². The number of nitrogens with one attached hydrogen (secondary N) is 1. The molecule has 1 aliphatic rings. The predicted octanol–water partition coefficient (Wildman–Crippen LogP) is 4.30. The maximum absolute atomic E-state index is 12.4. The number of methoxy groups -OCH3 is 1. The van der Waals surface area contributed by atoms with Crippen LogP contribution in [0.25, 0.3) is 6.08 Å². The Morgan fingerprint density at radius 3 is 2.40 bits per heavy atom. The normalized spacial score (nSPS) is 14.8. The molecule has 30 heavy (non-hydrogen) atoms. The van der Waals surface area contributed by atoms with Crippen LogP contribution in [0.15, 0.2) is 46.6 Å². The van der Waals surface area contributed by atoms with Gasteiger partial charge in [0.05, 0.1) is 14.3 Å². The Labute approximate surface area is 208 Å². The Kier molecular flexibility index (Phi) is 7.74. The minimum absolute atomic E-state index is 0.0963.